The van der Waals surface area contributed by atoms with Crippen LogP contribution in [0.25, 0.3) is 16.9 Å². The van der Waals surface area contributed by atoms with Gasteiger partial charge in [0.1, 0.15) is 5.82 Å². The third-order valence-corrected chi connectivity index (χ3v) is 4.40. The number of aryl methyl sites for hydroxylation is 1. The van der Waals surface area contributed by atoms with Crippen LogP contribution in [0.4, 0.5) is 10.1 Å². The van der Waals surface area contributed by atoms with E-state index in [9.17, 15) is 9.18 Å². The molecule has 0 unspecified atom stereocenters. The number of fused-ring (bicyclic) bond motifs is 1. The SMILES string of the molecule is COc1ccc2nc(-c3ccc(F)c(NC(=O)c4ccccc4C)c3)cn2n1. The number of carbonyl (C=O) groups excluding carboxylic acids is 1. The molecule has 2 aromatic carbocycles. The van der Waals surface area contributed by atoms with Gasteiger partial charge in [-0.2, -0.15) is 0 Å². The van der Waals surface area contributed by atoms with E-state index in [0.29, 0.717) is 28.3 Å². The lowest BCUT2D eigenvalue weighted by Crippen LogP contribution is -2.14. The van der Waals surface area contributed by atoms with Crippen LogP contribution in [0.1, 0.15) is 15.9 Å². The molecule has 0 aliphatic heterocycles. The molecule has 0 fully saturated rings. The zero-order chi connectivity index (χ0) is 19.7. The number of nitrogens with one attached hydrogen (secondary N) is 1. The summed E-state index contributed by atoms with van der Waals surface area (Å²) in [6, 6.07) is 15.1. The van der Waals surface area contributed by atoms with Crippen molar-refractivity contribution in [2.75, 3.05) is 12.4 Å². The predicted octanol–water partition coefficient (Wildman–Crippen LogP) is 4.10. The van der Waals surface area contributed by atoms with Gasteiger partial charge in [0.15, 0.2) is 5.65 Å². The molecule has 0 aliphatic carbocycles. The van der Waals surface area contributed by atoms with E-state index in [0.717, 1.165) is 5.56 Å². The summed E-state index contributed by atoms with van der Waals surface area (Å²) < 4.78 is 21.0. The third kappa shape index (κ3) is 3.29. The highest BCUT2D eigenvalue weighted by atomic mass is 19.1. The Balaban J connectivity index is 1.67. The van der Waals surface area contributed by atoms with Crippen molar-refractivity contribution in [2.45, 2.75) is 6.92 Å². The maximum absolute atomic E-state index is 14.3. The number of rotatable bonds is 4. The zero-order valence-electron chi connectivity index (χ0n) is 15.3. The Hall–Kier alpha value is -3.74. The lowest BCUT2D eigenvalue weighted by Gasteiger charge is -2.09. The van der Waals surface area contributed by atoms with Crippen LogP contribution in [0.3, 0.4) is 0 Å². The Kier molecular flexibility index (Phi) is 4.49. The molecule has 6 nitrogen and oxygen atoms in total. The number of nitrogens with zero attached hydrogens (tertiary/aromatic N) is 3. The van der Waals surface area contributed by atoms with Crippen LogP contribution in [-0.2, 0) is 0 Å². The van der Waals surface area contributed by atoms with Crippen molar-refractivity contribution in [3.05, 3.63) is 77.7 Å². The molecule has 0 atom stereocenters. The van der Waals surface area contributed by atoms with E-state index < -0.39 is 5.82 Å². The average Bonchev–Trinajstić information content (AvgIpc) is 3.13. The van der Waals surface area contributed by atoms with Gasteiger partial charge in [-0.05, 0) is 42.8 Å². The molecule has 4 rings (SSSR count). The second-order valence-electron chi connectivity index (χ2n) is 6.27. The maximum atomic E-state index is 14.3. The minimum Gasteiger partial charge on any atom is -0.480 e. The molecule has 4 aromatic rings. The largest absolute Gasteiger partial charge is 0.480 e. The normalized spacial score (nSPS) is 10.8. The van der Waals surface area contributed by atoms with Crippen LogP contribution in [0.5, 0.6) is 5.88 Å². The standard InChI is InChI=1S/C21H17FN4O2/c1-13-5-3-4-6-15(13)21(27)24-17-11-14(7-8-16(17)22)18-12-26-19(23-18)9-10-20(25-26)28-2/h3-12H,1-2H3,(H,24,27). The molecule has 0 aliphatic rings. The molecule has 140 valence electrons. The minimum atomic E-state index is -0.519. The first-order valence-electron chi connectivity index (χ1n) is 8.62. The molecule has 0 bridgehead atoms. The van der Waals surface area contributed by atoms with Gasteiger partial charge in [0, 0.05) is 17.2 Å². The molecule has 0 radical (unpaired) electrons. The summed E-state index contributed by atoms with van der Waals surface area (Å²) in [7, 11) is 1.54. The van der Waals surface area contributed by atoms with Crippen LogP contribution in [-0.4, -0.2) is 27.6 Å². The lowest BCUT2D eigenvalue weighted by atomic mass is 10.1. The summed E-state index contributed by atoms with van der Waals surface area (Å²) in [5.41, 5.74) is 3.30. The van der Waals surface area contributed by atoms with Gasteiger partial charge in [0.2, 0.25) is 5.88 Å². The predicted molar refractivity (Wildman–Crippen MR) is 104 cm³/mol. The topological polar surface area (TPSA) is 68.5 Å². The number of hydrogen-bond donors (Lipinski definition) is 1. The van der Waals surface area contributed by atoms with E-state index in [4.69, 9.17) is 4.74 Å². The van der Waals surface area contributed by atoms with Crippen molar-refractivity contribution in [1.82, 2.24) is 14.6 Å². The number of carbonyl (C=O) groups is 1. The number of halogens is 1. The number of amides is 1. The van der Waals surface area contributed by atoms with Crippen LogP contribution >= 0.6 is 0 Å². The highest BCUT2D eigenvalue weighted by Crippen LogP contribution is 2.25. The fourth-order valence-corrected chi connectivity index (χ4v) is 2.91. The summed E-state index contributed by atoms with van der Waals surface area (Å²) >= 11 is 0. The van der Waals surface area contributed by atoms with Gasteiger partial charge in [0.05, 0.1) is 24.7 Å². The molecule has 2 heterocycles. The van der Waals surface area contributed by atoms with Gasteiger partial charge in [-0.3, -0.25) is 4.79 Å². The first-order valence-corrected chi connectivity index (χ1v) is 8.62. The van der Waals surface area contributed by atoms with Gasteiger partial charge in [0.25, 0.3) is 5.91 Å². The third-order valence-electron chi connectivity index (χ3n) is 4.40. The highest BCUT2D eigenvalue weighted by molar-refractivity contribution is 6.05. The molecule has 0 saturated carbocycles. The smallest absolute Gasteiger partial charge is 0.256 e. The monoisotopic (exact) mass is 376 g/mol. The molecule has 1 N–H and O–H groups in total. The number of anilines is 1. The Bertz CT molecular complexity index is 1190. The Morgan fingerprint density at radius 2 is 1.96 bits per heavy atom. The quantitative estimate of drug-likeness (QED) is 0.582. The average molecular weight is 376 g/mol. The van der Waals surface area contributed by atoms with Crippen LogP contribution in [0.15, 0.2) is 60.8 Å². The number of benzene rings is 2. The second kappa shape index (κ2) is 7.11. The molecule has 0 saturated heterocycles. The highest BCUT2D eigenvalue weighted by Gasteiger charge is 2.14. The van der Waals surface area contributed by atoms with E-state index in [-0.39, 0.29) is 11.6 Å². The number of ether oxygens (including phenoxy) is 1. The molecule has 7 heteroatoms. The van der Waals surface area contributed by atoms with Crippen molar-refractivity contribution >= 4 is 17.2 Å². The minimum absolute atomic E-state index is 0.0911. The van der Waals surface area contributed by atoms with Crippen molar-refractivity contribution in [3.63, 3.8) is 0 Å². The summed E-state index contributed by atoms with van der Waals surface area (Å²) in [6.07, 6.45) is 1.72. The molecule has 0 spiro atoms. The summed E-state index contributed by atoms with van der Waals surface area (Å²) in [4.78, 5) is 17.0. The summed E-state index contributed by atoms with van der Waals surface area (Å²) in [5.74, 6) is -0.425. The van der Waals surface area contributed by atoms with E-state index in [1.807, 2.05) is 19.1 Å². The van der Waals surface area contributed by atoms with Gasteiger partial charge in [-0.1, -0.05) is 18.2 Å². The Morgan fingerprint density at radius 3 is 2.75 bits per heavy atom. The molecular formula is C21H17FN4O2. The lowest BCUT2D eigenvalue weighted by molar-refractivity contribution is 0.102. The van der Waals surface area contributed by atoms with Crippen molar-refractivity contribution in [2.24, 2.45) is 0 Å². The van der Waals surface area contributed by atoms with Gasteiger partial charge < -0.3 is 10.1 Å². The Morgan fingerprint density at radius 1 is 1.14 bits per heavy atom. The molecular weight excluding hydrogens is 359 g/mol. The number of aromatic nitrogens is 3. The zero-order valence-corrected chi connectivity index (χ0v) is 15.3. The van der Waals surface area contributed by atoms with E-state index >= 15 is 0 Å². The van der Waals surface area contributed by atoms with E-state index in [1.54, 1.807) is 47.1 Å². The van der Waals surface area contributed by atoms with E-state index in [2.05, 4.69) is 15.4 Å². The first kappa shape index (κ1) is 17.7. The summed E-state index contributed by atoms with van der Waals surface area (Å²) in [5, 5.41) is 6.91. The number of methoxy groups -OCH3 is 1. The second-order valence-corrected chi connectivity index (χ2v) is 6.27. The molecule has 1 amide bonds. The fourth-order valence-electron chi connectivity index (χ4n) is 2.91. The number of hydrogen-bond acceptors (Lipinski definition) is 4. The number of imidazole rings is 1. The van der Waals surface area contributed by atoms with Crippen molar-refractivity contribution < 1.29 is 13.9 Å². The van der Waals surface area contributed by atoms with Crippen LogP contribution in [0, 0.1) is 12.7 Å². The van der Waals surface area contributed by atoms with Gasteiger partial charge in [-0.15, -0.1) is 5.10 Å². The summed E-state index contributed by atoms with van der Waals surface area (Å²) in [6.45, 7) is 1.83. The maximum Gasteiger partial charge on any atom is 0.256 e. The van der Waals surface area contributed by atoms with Gasteiger partial charge in [-0.25, -0.2) is 13.9 Å². The van der Waals surface area contributed by atoms with E-state index in [1.165, 1.54) is 13.2 Å². The van der Waals surface area contributed by atoms with Crippen LogP contribution < -0.4 is 10.1 Å². The van der Waals surface area contributed by atoms with Crippen molar-refractivity contribution in [1.29, 1.82) is 0 Å². The molecule has 2 aromatic heterocycles. The molecule has 28 heavy (non-hydrogen) atoms. The Labute approximate surface area is 160 Å². The van der Waals surface area contributed by atoms with Crippen LogP contribution in [0.2, 0.25) is 0 Å². The van der Waals surface area contributed by atoms with Crippen molar-refractivity contribution in [3.8, 4) is 17.1 Å². The van der Waals surface area contributed by atoms with Gasteiger partial charge >= 0.3 is 0 Å². The fraction of sp³-hybridized carbons (Fsp3) is 0.0952. The first-order chi connectivity index (χ1) is 13.5.